The lowest BCUT2D eigenvalue weighted by Gasteiger charge is -2.10. The third kappa shape index (κ3) is 3.44. The molecule has 1 aliphatic rings. The fourth-order valence-electron chi connectivity index (χ4n) is 3.37. The molecule has 8 nitrogen and oxygen atoms in total. The topological polar surface area (TPSA) is 90.5 Å². The number of carbonyl (C=O) groups is 1. The first-order valence-corrected chi connectivity index (χ1v) is 9.78. The van der Waals surface area contributed by atoms with Crippen molar-refractivity contribution in [2.24, 2.45) is 7.05 Å². The highest BCUT2D eigenvalue weighted by Crippen LogP contribution is 2.31. The number of nitrogens with one attached hydrogen (secondary N) is 1. The Labute approximate surface area is 155 Å². The highest BCUT2D eigenvalue weighted by atomic mass is 32.2. The fraction of sp³-hybridized carbons (Fsp3) is 0.471. The number of carbonyl (C=O) groups excluding carboxylic acids is 1. The second kappa shape index (κ2) is 7.45. The number of amides is 1. The zero-order valence-corrected chi connectivity index (χ0v) is 15.4. The largest absolute Gasteiger partial charge is 0.348 e. The summed E-state index contributed by atoms with van der Waals surface area (Å²) in [4.78, 5) is 16.8. The number of tetrazole rings is 1. The van der Waals surface area contributed by atoms with Crippen molar-refractivity contribution < 1.29 is 4.79 Å². The smallest absolute Gasteiger partial charge is 0.230 e. The van der Waals surface area contributed by atoms with Crippen molar-refractivity contribution in [3.05, 3.63) is 30.1 Å². The Balaban J connectivity index is 1.33. The number of hydrogen-bond donors (Lipinski definition) is 1. The van der Waals surface area contributed by atoms with Crippen LogP contribution < -0.4 is 5.32 Å². The first-order chi connectivity index (χ1) is 12.7. The molecule has 1 fully saturated rings. The van der Waals surface area contributed by atoms with Crippen LogP contribution in [0, 0.1) is 0 Å². The zero-order valence-electron chi connectivity index (χ0n) is 14.6. The molecule has 2 heterocycles. The van der Waals surface area contributed by atoms with Crippen LogP contribution in [0.25, 0.3) is 11.0 Å². The Bertz CT molecular complexity index is 913. The molecule has 1 aliphatic carbocycles. The van der Waals surface area contributed by atoms with Gasteiger partial charge in [0.25, 0.3) is 0 Å². The van der Waals surface area contributed by atoms with Crippen LogP contribution in [0.15, 0.2) is 29.4 Å². The Kier molecular flexibility index (Phi) is 4.87. The third-order valence-electron chi connectivity index (χ3n) is 4.79. The van der Waals surface area contributed by atoms with Gasteiger partial charge >= 0.3 is 0 Å². The van der Waals surface area contributed by atoms with Gasteiger partial charge in [-0.3, -0.25) is 4.79 Å². The second-order valence-corrected chi connectivity index (χ2v) is 7.43. The van der Waals surface area contributed by atoms with E-state index in [9.17, 15) is 4.79 Å². The van der Waals surface area contributed by atoms with Gasteiger partial charge in [-0.25, -0.2) is 9.67 Å². The van der Waals surface area contributed by atoms with Gasteiger partial charge in [0.2, 0.25) is 11.1 Å². The molecule has 0 bridgehead atoms. The van der Waals surface area contributed by atoms with Crippen molar-refractivity contribution in [3.8, 4) is 0 Å². The first-order valence-electron chi connectivity index (χ1n) is 8.80. The summed E-state index contributed by atoms with van der Waals surface area (Å²) in [7, 11) is 1.96. The van der Waals surface area contributed by atoms with E-state index in [1.165, 1.54) is 24.6 Å². The maximum atomic E-state index is 12.2. The number of aromatic nitrogens is 6. The predicted octanol–water partition coefficient (Wildman–Crippen LogP) is 2.08. The summed E-state index contributed by atoms with van der Waals surface area (Å²) in [5.74, 6) is 1.07. The monoisotopic (exact) mass is 371 g/mol. The van der Waals surface area contributed by atoms with E-state index in [0.29, 0.717) is 12.6 Å². The Morgan fingerprint density at radius 2 is 2.12 bits per heavy atom. The highest BCUT2D eigenvalue weighted by Gasteiger charge is 2.22. The molecular formula is C17H21N7OS. The standard InChI is InChI=1S/C17H21N7OS/c1-23-14-9-5-4-8-13(14)19-15(23)10-18-16(25)11-26-17-20-21-22-24(17)12-6-2-3-7-12/h4-5,8-9,12H,2-3,6-7,10-11H2,1H3,(H,18,25). The van der Waals surface area contributed by atoms with Crippen LogP contribution in [-0.4, -0.2) is 41.4 Å². The molecule has 3 aromatic rings. The van der Waals surface area contributed by atoms with E-state index in [2.05, 4.69) is 25.8 Å². The molecule has 0 saturated heterocycles. The minimum absolute atomic E-state index is 0.0528. The van der Waals surface area contributed by atoms with Crippen molar-refractivity contribution in [3.63, 3.8) is 0 Å². The van der Waals surface area contributed by atoms with E-state index in [1.807, 2.05) is 40.6 Å². The lowest BCUT2D eigenvalue weighted by atomic mass is 10.3. The molecule has 0 unspecified atom stereocenters. The van der Waals surface area contributed by atoms with Gasteiger partial charge < -0.3 is 9.88 Å². The normalized spacial score (nSPS) is 15.0. The van der Waals surface area contributed by atoms with Crippen molar-refractivity contribution in [1.82, 2.24) is 35.1 Å². The average Bonchev–Trinajstić information content (AvgIpc) is 3.39. The van der Waals surface area contributed by atoms with Crippen LogP contribution in [0.4, 0.5) is 0 Å². The van der Waals surface area contributed by atoms with Crippen LogP contribution in [0.1, 0.15) is 37.5 Å². The number of imidazole rings is 1. The van der Waals surface area contributed by atoms with Gasteiger partial charge in [0, 0.05) is 7.05 Å². The van der Waals surface area contributed by atoms with E-state index < -0.39 is 0 Å². The van der Waals surface area contributed by atoms with Gasteiger partial charge in [0.15, 0.2) is 0 Å². The molecule has 1 saturated carbocycles. The van der Waals surface area contributed by atoms with Crippen LogP contribution in [0.2, 0.25) is 0 Å². The molecule has 1 amide bonds. The third-order valence-corrected chi connectivity index (χ3v) is 5.72. The summed E-state index contributed by atoms with van der Waals surface area (Å²) in [6.07, 6.45) is 4.65. The quantitative estimate of drug-likeness (QED) is 0.667. The summed E-state index contributed by atoms with van der Waals surface area (Å²) in [5.41, 5.74) is 1.99. The van der Waals surface area contributed by atoms with Crippen molar-refractivity contribution in [1.29, 1.82) is 0 Å². The molecule has 0 atom stereocenters. The van der Waals surface area contributed by atoms with Crippen molar-refractivity contribution in [2.75, 3.05) is 5.75 Å². The number of aryl methyl sites for hydroxylation is 1. The molecule has 1 aromatic carbocycles. The number of rotatable bonds is 6. The minimum atomic E-state index is -0.0528. The summed E-state index contributed by atoms with van der Waals surface area (Å²) < 4.78 is 3.87. The molecule has 136 valence electrons. The molecule has 4 rings (SSSR count). The van der Waals surface area contributed by atoms with Gasteiger partial charge in [0.1, 0.15) is 5.82 Å². The lowest BCUT2D eigenvalue weighted by molar-refractivity contribution is -0.118. The van der Waals surface area contributed by atoms with Gasteiger partial charge in [0.05, 0.1) is 29.4 Å². The van der Waals surface area contributed by atoms with Crippen molar-refractivity contribution in [2.45, 2.75) is 43.4 Å². The SMILES string of the molecule is Cn1c(CNC(=O)CSc2nnnn2C2CCCC2)nc2ccccc21. The van der Waals surface area contributed by atoms with Gasteiger partial charge in [-0.1, -0.05) is 36.7 Å². The molecule has 26 heavy (non-hydrogen) atoms. The van der Waals surface area contributed by atoms with Crippen LogP contribution in [0.5, 0.6) is 0 Å². The van der Waals surface area contributed by atoms with Gasteiger partial charge in [-0.2, -0.15) is 0 Å². The van der Waals surface area contributed by atoms with Crippen molar-refractivity contribution >= 4 is 28.7 Å². The van der Waals surface area contributed by atoms with E-state index >= 15 is 0 Å². The molecule has 2 aromatic heterocycles. The zero-order chi connectivity index (χ0) is 17.9. The summed E-state index contributed by atoms with van der Waals surface area (Å²) in [6, 6.07) is 8.31. The van der Waals surface area contributed by atoms with Gasteiger partial charge in [-0.15, -0.1) is 5.10 Å². The number of fused-ring (bicyclic) bond motifs is 1. The lowest BCUT2D eigenvalue weighted by Crippen LogP contribution is -2.26. The van der Waals surface area contributed by atoms with Crippen LogP contribution >= 0.6 is 11.8 Å². The van der Waals surface area contributed by atoms with Crippen LogP contribution in [0.3, 0.4) is 0 Å². The van der Waals surface area contributed by atoms with E-state index in [1.54, 1.807) is 0 Å². The fourth-order valence-corrected chi connectivity index (χ4v) is 4.15. The molecule has 9 heteroatoms. The first kappa shape index (κ1) is 17.0. The average molecular weight is 371 g/mol. The minimum Gasteiger partial charge on any atom is -0.348 e. The number of benzene rings is 1. The number of para-hydroxylation sites is 2. The molecular weight excluding hydrogens is 350 g/mol. The van der Waals surface area contributed by atoms with E-state index in [0.717, 1.165) is 34.9 Å². The maximum Gasteiger partial charge on any atom is 0.230 e. The van der Waals surface area contributed by atoms with Gasteiger partial charge in [-0.05, 0) is 35.4 Å². The molecule has 0 aliphatic heterocycles. The number of hydrogen-bond acceptors (Lipinski definition) is 6. The second-order valence-electron chi connectivity index (χ2n) is 6.49. The Morgan fingerprint density at radius 1 is 1.31 bits per heavy atom. The maximum absolute atomic E-state index is 12.2. The highest BCUT2D eigenvalue weighted by molar-refractivity contribution is 7.99. The molecule has 0 radical (unpaired) electrons. The summed E-state index contributed by atoms with van der Waals surface area (Å²) in [5, 5.41) is 15.6. The van der Waals surface area contributed by atoms with E-state index in [-0.39, 0.29) is 11.7 Å². The Morgan fingerprint density at radius 3 is 2.92 bits per heavy atom. The Hall–Kier alpha value is -2.42. The molecule has 1 N–H and O–H groups in total. The summed E-state index contributed by atoms with van der Waals surface area (Å²) >= 11 is 1.38. The van der Waals surface area contributed by atoms with E-state index in [4.69, 9.17) is 0 Å². The number of thioether (sulfide) groups is 1. The molecule has 0 spiro atoms. The summed E-state index contributed by atoms with van der Waals surface area (Å²) in [6.45, 7) is 0.401. The number of nitrogens with zero attached hydrogens (tertiary/aromatic N) is 6. The van der Waals surface area contributed by atoms with Crippen LogP contribution in [-0.2, 0) is 18.4 Å². The predicted molar refractivity (Wildman–Crippen MR) is 98.6 cm³/mol.